The van der Waals surface area contributed by atoms with Crippen molar-refractivity contribution in [3.8, 4) is 6.07 Å². The highest BCUT2D eigenvalue weighted by molar-refractivity contribution is 8.04. The van der Waals surface area contributed by atoms with E-state index < -0.39 is 0 Å². The molecule has 0 radical (unpaired) electrons. The molecule has 158 valence electrons. The molecule has 1 heterocycles. The van der Waals surface area contributed by atoms with Crippen molar-refractivity contribution in [3.63, 3.8) is 0 Å². The SMILES string of the molecule is Cc1ccc(C=C2Sc3cc(C(=O)NCc4ccc(C#N)cc4)ccc3N(C)C2=O)cc1. The zero-order valence-electron chi connectivity index (χ0n) is 17.8. The van der Waals surface area contributed by atoms with E-state index >= 15 is 0 Å². The van der Waals surface area contributed by atoms with Crippen LogP contribution in [0.25, 0.3) is 6.08 Å². The Morgan fingerprint density at radius 1 is 1.09 bits per heavy atom. The molecule has 1 aliphatic rings. The molecule has 0 bridgehead atoms. The zero-order valence-corrected chi connectivity index (χ0v) is 18.6. The molecular weight excluding hydrogens is 418 g/mol. The summed E-state index contributed by atoms with van der Waals surface area (Å²) in [6.45, 7) is 2.39. The second kappa shape index (κ2) is 9.13. The lowest BCUT2D eigenvalue weighted by Gasteiger charge is -2.27. The van der Waals surface area contributed by atoms with Crippen molar-refractivity contribution in [2.75, 3.05) is 11.9 Å². The second-order valence-electron chi connectivity index (χ2n) is 7.56. The van der Waals surface area contributed by atoms with E-state index in [0.29, 0.717) is 22.6 Å². The van der Waals surface area contributed by atoms with E-state index in [1.54, 1.807) is 36.2 Å². The summed E-state index contributed by atoms with van der Waals surface area (Å²) >= 11 is 1.38. The fourth-order valence-electron chi connectivity index (χ4n) is 3.34. The maximum absolute atomic E-state index is 12.8. The summed E-state index contributed by atoms with van der Waals surface area (Å²) < 4.78 is 0. The van der Waals surface area contributed by atoms with Gasteiger partial charge in [0.2, 0.25) is 0 Å². The fraction of sp³-hybridized carbons (Fsp3) is 0.115. The average molecular weight is 440 g/mol. The van der Waals surface area contributed by atoms with Crippen LogP contribution < -0.4 is 10.2 Å². The number of carbonyl (C=O) groups excluding carboxylic acids is 2. The van der Waals surface area contributed by atoms with E-state index in [0.717, 1.165) is 27.3 Å². The van der Waals surface area contributed by atoms with Gasteiger partial charge < -0.3 is 10.2 Å². The van der Waals surface area contributed by atoms with Gasteiger partial charge in [0.25, 0.3) is 11.8 Å². The Morgan fingerprint density at radius 3 is 2.50 bits per heavy atom. The highest BCUT2D eigenvalue weighted by Gasteiger charge is 2.27. The number of nitriles is 1. The van der Waals surface area contributed by atoms with Crippen LogP contribution in [0, 0.1) is 18.3 Å². The van der Waals surface area contributed by atoms with Crippen LogP contribution in [-0.2, 0) is 11.3 Å². The number of carbonyl (C=O) groups is 2. The summed E-state index contributed by atoms with van der Waals surface area (Å²) in [7, 11) is 1.74. The number of fused-ring (bicyclic) bond motifs is 1. The maximum Gasteiger partial charge on any atom is 0.264 e. The quantitative estimate of drug-likeness (QED) is 0.587. The van der Waals surface area contributed by atoms with Crippen molar-refractivity contribution in [3.05, 3.63) is 99.5 Å². The summed E-state index contributed by atoms with van der Waals surface area (Å²) in [5, 5.41) is 11.8. The van der Waals surface area contributed by atoms with E-state index in [1.165, 1.54) is 11.8 Å². The molecule has 32 heavy (non-hydrogen) atoms. The van der Waals surface area contributed by atoms with Gasteiger partial charge in [-0.05, 0) is 54.5 Å². The van der Waals surface area contributed by atoms with Crippen molar-refractivity contribution in [1.29, 1.82) is 5.26 Å². The molecule has 5 nitrogen and oxygen atoms in total. The third-order valence-electron chi connectivity index (χ3n) is 5.23. The minimum absolute atomic E-state index is 0.0684. The van der Waals surface area contributed by atoms with Crippen LogP contribution in [0.3, 0.4) is 0 Å². The van der Waals surface area contributed by atoms with Crippen LogP contribution >= 0.6 is 11.8 Å². The molecule has 0 aliphatic carbocycles. The number of anilines is 1. The van der Waals surface area contributed by atoms with Crippen LogP contribution in [0.2, 0.25) is 0 Å². The standard InChI is InChI=1S/C26H21N3O2S/c1-17-3-5-18(6-4-17)13-24-26(31)29(2)22-12-11-21(14-23(22)32-24)25(30)28-16-20-9-7-19(15-27)8-10-20/h3-14H,16H2,1-2H3,(H,28,30). The van der Waals surface area contributed by atoms with Gasteiger partial charge in [-0.3, -0.25) is 9.59 Å². The van der Waals surface area contributed by atoms with Crippen LogP contribution in [0.5, 0.6) is 0 Å². The molecule has 4 rings (SSSR count). The van der Waals surface area contributed by atoms with Crippen molar-refractivity contribution < 1.29 is 9.59 Å². The minimum atomic E-state index is -0.193. The molecule has 0 atom stereocenters. The Hall–Kier alpha value is -3.82. The zero-order chi connectivity index (χ0) is 22.7. The Morgan fingerprint density at radius 2 is 1.81 bits per heavy atom. The Labute approximate surface area is 191 Å². The predicted molar refractivity (Wildman–Crippen MR) is 127 cm³/mol. The van der Waals surface area contributed by atoms with Gasteiger partial charge in [-0.25, -0.2) is 0 Å². The van der Waals surface area contributed by atoms with E-state index in [1.807, 2.05) is 55.5 Å². The van der Waals surface area contributed by atoms with Gasteiger partial charge in [0.1, 0.15) is 0 Å². The predicted octanol–water partition coefficient (Wildman–Crippen LogP) is 4.91. The summed E-state index contributed by atoms with van der Waals surface area (Å²) in [4.78, 5) is 28.6. The van der Waals surface area contributed by atoms with Crippen LogP contribution in [0.15, 0.2) is 76.5 Å². The molecule has 6 heteroatoms. The number of benzene rings is 3. The number of aryl methyl sites for hydroxylation is 1. The number of nitrogens with one attached hydrogen (secondary N) is 1. The summed E-state index contributed by atoms with van der Waals surface area (Å²) in [6, 6.07) is 22.5. The third-order valence-corrected chi connectivity index (χ3v) is 6.29. The lowest BCUT2D eigenvalue weighted by Crippen LogP contribution is -2.30. The number of likely N-dealkylation sites (N-methyl/N-ethyl adjacent to an activating group) is 1. The van der Waals surface area contributed by atoms with E-state index in [-0.39, 0.29) is 11.8 Å². The second-order valence-corrected chi connectivity index (χ2v) is 8.64. The summed E-state index contributed by atoms with van der Waals surface area (Å²) in [5.74, 6) is -0.262. The van der Waals surface area contributed by atoms with E-state index in [4.69, 9.17) is 5.26 Å². The number of amides is 2. The lowest BCUT2D eigenvalue weighted by molar-refractivity contribution is -0.114. The van der Waals surface area contributed by atoms with Crippen LogP contribution in [0.4, 0.5) is 5.69 Å². The van der Waals surface area contributed by atoms with Gasteiger partial charge >= 0.3 is 0 Å². The summed E-state index contributed by atoms with van der Waals surface area (Å²) in [5.41, 5.74) is 4.93. The highest BCUT2D eigenvalue weighted by Crippen LogP contribution is 2.42. The third kappa shape index (κ3) is 4.58. The number of hydrogen-bond donors (Lipinski definition) is 1. The smallest absolute Gasteiger partial charge is 0.264 e. The van der Waals surface area contributed by atoms with Gasteiger partial charge in [0.15, 0.2) is 0 Å². The molecule has 0 aromatic heterocycles. The first-order valence-corrected chi connectivity index (χ1v) is 10.9. The van der Waals surface area contributed by atoms with Crippen LogP contribution in [0.1, 0.15) is 32.6 Å². The van der Waals surface area contributed by atoms with Gasteiger partial charge in [-0.15, -0.1) is 0 Å². The number of rotatable bonds is 4. The van der Waals surface area contributed by atoms with Crippen molar-refractivity contribution in [2.45, 2.75) is 18.4 Å². The molecule has 0 unspecified atom stereocenters. The van der Waals surface area contributed by atoms with Crippen molar-refractivity contribution in [1.82, 2.24) is 5.32 Å². The molecule has 1 aliphatic heterocycles. The van der Waals surface area contributed by atoms with Crippen molar-refractivity contribution >= 4 is 35.3 Å². The Bertz CT molecular complexity index is 1260. The van der Waals surface area contributed by atoms with Crippen molar-refractivity contribution in [2.24, 2.45) is 0 Å². The first-order valence-electron chi connectivity index (χ1n) is 10.1. The first kappa shape index (κ1) is 21.4. The van der Waals surface area contributed by atoms with Crippen LogP contribution in [-0.4, -0.2) is 18.9 Å². The molecule has 2 amide bonds. The largest absolute Gasteiger partial charge is 0.348 e. The molecular formula is C26H21N3O2S. The molecule has 0 saturated heterocycles. The maximum atomic E-state index is 12.8. The topological polar surface area (TPSA) is 73.2 Å². The summed E-state index contributed by atoms with van der Waals surface area (Å²) in [6.07, 6.45) is 1.88. The first-order chi connectivity index (χ1) is 15.4. The Kier molecular flexibility index (Phi) is 6.11. The molecule has 0 fully saturated rings. The number of nitrogens with zero attached hydrogens (tertiary/aromatic N) is 2. The fourth-order valence-corrected chi connectivity index (χ4v) is 4.49. The van der Waals surface area contributed by atoms with Gasteiger partial charge in [-0.2, -0.15) is 5.26 Å². The number of hydrogen-bond acceptors (Lipinski definition) is 4. The minimum Gasteiger partial charge on any atom is -0.348 e. The van der Waals surface area contributed by atoms with Gasteiger partial charge in [0, 0.05) is 24.1 Å². The number of thioether (sulfide) groups is 1. The molecule has 1 N–H and O–H groups in total. The van der Waals surface area contributed by atoms with E-state index in [2.05, 4.69) is 11.4 Å². The average Bonchev–Trinajstić information content (AvgIpc) is 2.82. The molecule has 3 aromatic rings. The monoisotopic (exact) mass is 439 g/mol. The van der Waals surface area contributed by atoms with E-state index in [9.17, 15) is 9.59 Å². The molecule has 3 aromatic carbocycles. The highest BCUT2D eigenvalue weighted by atomic mass is 32.2. The molecule has 0 spiro atoms. The normalized spacial score (nSPS) is 14.1. The molecule has 0 saturated carbocycles. The van der Waals surface area contributed by atoms with Gasteiger partial charge in [-0.1, -0.05) is 53.7 Å². The Balaban J connectivity index is 1.53. The van der Waals surface area contributed by atoms with Gasteiger partial charge in [0.05, 0.1) is 22.2 Å². The lowest BCUT2D eigenvalue weighted by atomic mass is 10.1.